The highest BCUT2D eigenvalue weighted by Crippen LogP contribution is 2.15. The van der Waals surface area contributed by atoms with Crippen molar-refractivity contribution in [3.05, 3.63) is 12.5 Å². The molecule has 3 nitrogen and oxygen atoms in total. The van der Waals surface area contributed by atoms with E-state index in [1.165, 1.54) is 12.8 Å². The van der Waals surface area contributed by atoms with Crippen LogP contribution < -0.4 is 4.90 Å². The van der Waals surface area contributed by atoms with Crippen LogP contribution in [-0.2, 0) is 0 Å². The van der Waals surface area contributed by atoms with Gasteiger partial charge in [0.15, 0.2) is 6.33 Å². The molecule has 1 aliphatic heterocycles. The lowest BCUT2D eigenvalue weighted by molar-refractivity contribution is 0.945. The molecule has 1 aromatic rings. The molecule has 0 bridgehead atoms. The number of rotatable bonds is 1. The largest absolute Gasteiger partial charge is 0.355 e. The molecule has 1 fully saturated rings. The third-order valence-electron chi connectivity index (χ3n) is 1.87. The van der Waals surface area contributed by atoms with Gasteiger partial charge in [0, 0.05) is 19.3 Å². The van der Waals surface area contributed by atoms with E-state index >= 15 is 0 Å². The van der Waals surface area contributed by atoms with Crippen LogP contribution in [0.25, 0.3) is 0 Å². The summed E-state index contributed by atoms with van der Waals surface area (Å²) in [5.41, 5.74) is 0. The Balaban J connectivity index is 2.12. The molecule has 0 aliphatic carbocycles. The van der Waals surface area contributed by atoms with Gasteiger partial charge < -0.3 is 9.88 Å². The first-order valence-electron chi connectivity index (χ1n) is 3.63. The number of nitrogens with zero attached hydrogens (tertiary/aromatic N) is 2. The lowest BCUT2D eigenvalue weighted by Gasteiger charge is -2.12. The summed E-state index contributed by atoms with van der Waals surface area (Å²) in [6.07, 6.45) is 7.18. The molecule has 0 aromatic carbocycles. The fourth-order valence-corrected chi connectivity index (χ4v) is 1.33. The van der Waals surface area contributed by atoms with Gasteiger partial charge in [-0.2, -0.15) is 0 Å². The Kier molecular flexibility index (Phi) is 1.34. The van der Waals surface area contributed by atoms with Crippen molar-refractivity contribution in [2.75, 3.05) is 18.0 Å². The topological polar surface area (TPSA) is 31.9 Å². The average molecular weight is 136 g/mol. The zero-order valence-corrected chi connectivity index (χ0v) is 5.80. The molecular weight excluding hydrogens is 126 g/mol. The lowest BCUT2D eigenvalue weighted by atomic mass is 10.4. The molecule has 1 aliphatic rings. The molecule has 53 valence electrons. The van der Waals surface area contributed by atoms with Gasteiger partial charge in [-0.05, 0) is 12.8 Å². The summed E-state index contributed by atoms with van der Waals surface area (Å²) >= 11 is 0. The van der Waals surface area contributed by atoms with Crippen LogP contribution in [-0.4, -0.2) is 23.1 Å². The normalized spacial score (nSPS) is 18.2. The molecule has 0 amide bonds. The van der Waals surface area contributed by atoms with E-state index in [0.717, 1.165) is 18.9 Å². The van der Waals surface area contributed by atoms with Gasteiger partial charge in [-0.15, -0.1) is 0 Å². The highest BCUT2D eigenvalue weighted by atomic mass is 15.2. The van der Waals surface area contributed by atoms with Gasteiger partial charge in [-0.1, -0.05) is 0 Å². The summed E-state index contributed by atoms with van der Waals surface area (Å²) in [5.74, 6) is 1.04. The van der Waals surface area contributed by atoms with Crippen LogP contribution in [0.3, 0.4) is 0 Å². The van der Waals surface area contributed by atoms with Gasteiger partial charge in [0.1, 0.15) is 5.82 Å². The van der Waals surface area contributed by atoms with E-state index in [-0.39, 0.29) is 0 Å². The van der Waals surface area contributed by atoms with Crippen LogP contribution in [0.2, 0.25) is 0 Å². The molecule has 3 heteroatoms. The standard InChI is InChI=1S/C7H10N3/c1-2-4-10(3-1)7-5-8-6-9-7/h5H,1-4H2,(H,8,9). The molecule has 1 N–H and O–H groups in total. The molecule has 0 atom stereocenters. The number of H-pyrrole nitrogens is 1. The number of hydrogen-bond acceptors (Lipinski definition) is 2. The van der Waals surface area contributed by atoms with E-state index < -0.39 is 0 Å². The number of aromatic nitrogens is 2. The summed E-state index contributed by atoms with van der Waals surface area (Å²) in [7, 11) is 0. The second-order valence-electron chi connectivity index (χ2n) is 2.56. The predicted octanol–water partition coefficient (Wildman–Crippen LogP) is 0.810. The Bertz CT molecular complexity index is 187. The summed E-state index contributed by atoms with van der Waals surface area (Å²) in [6.45, 7) is 2.30. The summed E-state index contributed by atoms with van der Waals surface area (Å²) < 4.78 is 0. The van der Waals surface area contributed by atoms with Crippen LogP contribution in [0.4, 0.5) is 5.82 Å². The SMILES string of the molecule is [c]1nc(N2CCCC2)c[nH]1. The van der Waals surface area contributed by atoms with Crippen molar-refractivity contribution in [3.63, 3.8) is 0 Å². The average Bonchev–Trinajstić information content (AvgIpc) is 2.59. The molecule has 1 aromatic heterocycles. The first kappa shape index (κ1) is 5.77. The maximum Gasteiger partial charge on any atom is 0.175 e. The van der Waals surface area contributed by atoms with Crippen LogP contribution in [0.1, 0.15) is 12.8 Å². The van der Waals surface area contributed by atoms with Crippen LogP contribution >= 0.6 is 0 Å². The van der Waals surface area contributed by atoms with Crippen LogP contribution in [0.15, 0.2) is 6.20 Å². The van der Waals surface area contributed by atoms with E-state index in [2.05, 4.69) is 21.2 Å². The van der Waals surface area contributed by atoms with E-state index in [0.29, 0.717) is 0 Å². The first-order valence-corrected chi connectivity index (χ1v) is 3.63. The van der Waals surface area contributed by atoms with Crippen LogP contribution in [0, 0.1) is 6.33 Å². The minimum Gasteiger partial charge on any atom is -0.355 e. The van der Waals surface area contributed by atoms with Gasteiger partial charge in [-0.3, -0.25) is 0 Å². The van der Waals surface area contributed by atoms with E-state index in [4.69, 9.17) is 0 Å². The predicted molar refractivity (Wildman–Crippen MR) is 38.9 cm³/mol. The molecule has 0 saturated carbocycles. The van der Waals surface area contributed by atoms with E-state index in [1.54, 1.807) is 0 Å². The minimum absolute atomic E-state index is 1.04. The quantitative estimate of drug-likeness (QED) is 0.619. The summed E-state index contributed by atoms with van der Waals surface area (Å²) in [6, 6.07) is 0. The molecule has 1 saturated heterocycles. The van der Waals surface area contributed by atoms with Crippen molar-refractivity contribution in [2.24, 2.45) is 0 Å². The molecule has 2 rings (SSSR count). The number of nitrogens with one attached hydrogen (secondary N) is 1. The minimum atomic E-state index is 1.04. The Morgan fingerprint density at radius 1 is 1.50 bits per heavy atom. The third kappa shape index (κ3) is 0.875. The fourth-order valence-electron chi connectivity index (χ4n) is 1.33. The molecule has 0 unspecified atom stereocenters. The fraction of sp³-hybridized carbons (Fsp3) is 0.571. The maximum atomic E-state index is 4.04. The van der Waals surface area contributed by atoms with Crippen molar-refractivity contribution in [1.82, 2.24) is 9.97 Å². The summed E-state index contributed by atoms with van der Waals surface area (Å²) in [4.78, 5) is 9.14. The van der Waals surface area contributed by atoms with Gasteiger partial charge in [0.05, 0.1) is 0 Å². The van der Waals surface area contributed by atoms with Gasteiger partial charge >= 0.3 is 0 Å². The lowest BCUT2D eigenvalue weighted by Crippen LogP contribution is -2.17. The number of anilines is 1. The van der Waals surface area contributed by atoms with E-state index in [1.807, 2.05) is 6.20 Å². The monoisotopic (exact) mass is 136 g/mol. The van der Waals surface area contributed by atoms with Gasteiger partial charge in [-0.25, -0.2) is 4.98 Å². The highest BCUT2D eigenvalue weighted by Gasteiger charge is 2.12. The highest BCUT2D eigenvalue weighted by molar-refractivity contribution is 5.35. The third-order valence-corrected chi connectivity index (χ3v) is 1.87. The number of imidazole rings is 1. The first-order chi connectivity index (χ1) is 4.97. The molecule has 2 heterocycles. The van der Waals surface area contributed by atoms with Crippen molar-refractivity contribution < 1.29 is 0 Å². The van der Waals surface area contributed by atoms with Gasteiger partial charge in [0.2, 0.25) is 0 Å². The van der Waals surface area contributed by atoms with Crippen molar-refractivity contribution in [2.45, 2.75) is 12.8 Å². The molecular formula is C7H10N3. The Hall–Kier alpha value is -0.990. The molecule has 1 radical (unpaired) electrons. The zero-order valence-electron chi connectivity index (χ0n) is 5.80. The molecule has 10 heavy (non-hydrogen) atoms. The number of aromatic amines is 1. The van der Waals surface area contributed by atoms with Crippen LogP contribution in [0.5, 0.6) is 0 Å². The molecule has 0 spiro atoms. The maximum absolute atomic E-state index is 4.04. The Morgan fingerprint density at radius 2 is 2.30 bits per heavy atom. The Morgan fingerprint density at radius 3 is 2.90 bits per heavy atom. The van der Waals surface area contributed by atoms with E-state index in [9.17, 15) is 0 Å². The van der Waals surface area contributed by atoms with Crippen molar-refractivity contribution in [1.29, 1.82) is 0 Å². The second kappa shape index (κ2) is 2.33. The van der Waals surface area contributed by atoms with Gasteiger partial charge in [0.25, 0.3) is 0 Å². The number of hydrogen-bond donors (Lipinski definition) is 1. The summed E-state index contributed by atoms with van der Waals surface area (Å²) in [5, 5.41) is 0. The second-order valence-corrected chi connectivity index (χ2v) is 2.56. The zero-order chi connectivity index (χ0) is 6.81. The van der Waals surface area contributed by atoms with Crippen molar-refractivity contribution >= 4 is 5.82 Å². The smallest absolute Gasteiger partial charge is 0.175 e. The van der Waals surface area contributed by atoms with Crippen molar-refractivity contribution in [3.8, 4) is 0 Å². The Labute approximate surface area is 60.1 Å².